The second-order valence-electron chi connectivity index (χ2n) is 7.90. The van der Waals surface area contributed by atoms with Crippen LogP contribution in [0.2, 0.25) is 0 Å². The maximum Gasteiger partial charge on any atom is 0.0512 e. The average molecular weight is 364 g/mol. The molecular weight excluding hydrogens is 322 g/mol. The smallest absolute Gasteiger partial charge is 0.0512 e. The first-order chi connectivity index (χ1) is 12.5. The molecule has 4 unspecified atom stereocenters. The van der Waals surface area contributed by atoms with Crippen LogP contribution in [0.25, 0.3) is 0 Å². The Bertz CT molecular complexity index is 425. The molecule has 26 heavy (non-hydrogen) atoms. The molecule has 4 atom stereocenters. The van der Waals surface area contributed by atoms with Gasteiger partial charge < -0.3 is 10.2 Å². The summed E-state index contributed by atoms with van der Waals surface area (Å²) in [6.07, 6.45) is 7.93. The largest absolute Gasteiger partial charge is 0.393 e. The van der Waals surface area contributed by atoms with Crippen LogP contribution in [0.4, 0.5) is 0 Å². The first-order valence-corrected chi connectivity index (χ1v) is 10.6. The van der Waals surface area contributed by atoms with Crippen LogP contribution in [0, 0.1) is 0 Å². The quantitative estimate of drug-likeness (QED) is 0.480. The third-order valence-corrected chi connectivity index (χ3v) is 5.23. The van der Waals surface area contributed by atoms with E-state index in [0.717, 1.165) is 57.9 Å². The minimum absolute atomic E-state index is 0.241. The van der Waals surface area contributed by atoms with Crippen molar-refractivity contribution in [1.82, 2.24) is 4.90 Å². The van der Waals surface area contributed by atoms with Gasteiger partial charge in [0.15, 0.2) is 0 Å². The van der Waals surface area contributed by atoms with E-state index in [1.807, 2.05) is 13.8 Å². The van der Waals surface area contributed by atoms with Gasteiger partial charge in [0.05, 0.1) is 12.2 Å². The van der Waals surface area contributed by atoms with Gasteiger partial charge in [-0.05, 0) is 57.9 Å². The summed E-state index contributed by atoms with van der Waals surface area (Å²) in [5, 5.41) is 19.6. The number of nitrogens with zero attached hydrogens (tertiary/aromatic N) is 1. The topological polar surface area (TPSA) is 43.7 Å². The molecule has 0 aliphatic heterocycles. The van der Waals surface area contributed by atoms with Crippen molar-refractivity contribution in [3.05, 3.63) is 35.9 Å². The van der Waals surface area contributed by atoms with Crippen molar-refractivity contribution in [2.45, 2.75) is 110 Å². The summed E-state index contributed by atoms with van der Waals surface area (Å²) >= 11 is 0. The van der Waals surface area contributed by atoms with Crippen LogP contribution in [-0.4, -0.2) is 39.4 Å². The normalized spacial score (nSPS) is 16.4. The standard InChI is InChI=1S/C23H41NO2/c1-5-10-22(16-14-19(3)25)24(18-21-12-8-7-9-13-21)23(11-6-2)17-15-20(4)26/h7-9,12-13,19-20,22-23,25-26H,5-6,10-11,14-18H2,1-4H3. The average Bonchev–Trinajstić information content (AvgIpc) is 2.61. The highest BCUT2D eigenvalue weighted by atomic mass is 16.3. The predicted molar refractivity (Wildman–Crippen MR) is 111 cm³/mol. The van der Waals surface area contributed by atoms with Crippen LogP contribution in [-0.2, 0) is 6.54 Å². The number of hydrogen-bond acceptors (Lipinski definition) is 3. The lowest BCUT2D eigenvalue weighted by Gasteiger charge is -2.39. The van der Waals surface area contributed by atoms with Gasteiger partial charge >= 0.3 is 0 Å². The lowest BCUT2D eigenvalue weighted by atomic mass is 9.95. The van der Waals surface area contributed by atoms with Crippen LogP contribution in [0.1, 0.15) is 84.6 Å². The van der Waals surface area contributed by atoms with Gasteiger partial charge in [0, 0.05) is 18.6 Å². The Hall–Kier alpha value is -0.900. The van der Waals surface area contributed by atoms with Crippen LogP contribution in [0.3, 0.4) is 0 Å². The van der Waals surface area contributed by atoms with Crippen molar-refractivity contribution in [2.75, 3.05) is 0 Å². The van der Waals surface area contributed by atoms with E-state index >= 15 is 0 Å². The highest BCUT2D eigenvalue weighted by Gasteiger charge is 2.26. The van der Waals surface area contributed by atoms with E-state index in [-0.39, 0.29) is 12.2 Å². The van der Waals surface area contributed by atoms with Crippen molar-refractivity contribution >= 4 is 0 Å². The maximum atomic E-state index is 9.81. The molecule has 0 bridgehead atoms. The highest BCUT2D eigenvalue weighted by molar-refractivity contribution is 5.14. The van der Waals surface area contributed by atoms with Crippen molar-refractivity contribution in [3.8, 4) is 0 Å². The van der Waals surface area contributed by atoms with Gasteiger partial charge in [0.1, 0.15) is 0 Å². The van der Waals surface area contributed by atoms with Gasteiger partial charge in [-0.25, -0.2) is 0 Å². The van der Waals surface area contributed by atoms with E-state index in [0.29, 0.717) is 12.1 Å². The molecule has 0 heterocycles. The predicted octanol–water partition coefficient (Wildman–Crippen LogP) is 5.15. The summed E-state index contributed by atoms with van der Waals surface area (Å²) in [5.41, 5.74) is 1.35. The fourth-order valence-electron chi connectivity index (χ4n) is 3.84. The number of aliphatic hydroxyl groups is 2. The SMILES string of the molecule is CCCC(CCC(C)O)N(Cc1ccccc1)C(CCC)CCC(C)O. The molecule has 1 aromatic rings. The summed E-state index contributed by atoms with van der Waals surface area (Å²) in [4.78, 5) is 2.67. The second-order valence-corrected chi connectivity index (χ2v) is 7.90. The molecule has 0 fully saturated rings. The molecule has 0 saturated heterocycles. The maximum absolute atomic E-state index is 9.81. The van der Waals surface area contributed by atoms with Gasteiger partial charge in [-0.2, -0.15) is 0 Å². The molecule has 3 heteroatoms. The minimum Gasteiger partial charge on any atom is -0.393 e. The van der Waals surface area contributed by atoms with Crippen molar-refractivity contribution < 1.29 is 10.2 Å². The van der Waals surface area contributed by atoms with Crippen molar-refractivity contribution in [1.29, 1.82) is 0 Å². The molecule has 1 rings (SSSR count). The Morgan fingerprint density at radius 2 is 1.19 bits per heavy atom. The summed E-state index contributed by atoms with van der Waals surface area (Å²) in [6.45, 7) is 9.24. The molecule has 2 N–H and O–H groups in total. The van der Waals surface area contributed by atoms with Gasteiger partial charge in [-0.15, -0.1) is 0 Å². The van der Waals surface area contributed by atoms with E-state index in [1.165, 1.54) is 5.56 Å². The van der Waals surface area contributed by atoms with E-state index in [1.54, 1.807) is 0 Å². The number of hydrogen-bond donors (Lipinski definition) is 2. The van der Waals surface area contributed by atoms with Gasteiger partial charge in [0.25, 0.3) is 0 Å². The number of aliphatic hydroxyl groups excluding tert-OH is 2. The Labute approximate surface area is 161 Å². The summed E-state index contributed by atoms with van der Waals surface area (Å²) in [5.74, 6) is 0. The fraction of sp³-hybridized carbons (Fsp3) is 0.739. The lowest BCUT2D eigenvalue weighted by molar-refractivity contribution is 0.0720. The molecule has 0 amide bonds. The monoisotopic (exact) mass is 363 g/mol. The van der Waals surface area contributed by atoms with Gasteiger partial charge in [0.2, 0.25) is 0 Å². The van der Waals surface area contributed by atoms with Crippen LogP contribution >= 0.6 is 0 Å². The zero-order valence-electron chi connectivity index (χ0n) is 17.4. The van der Waals surface area contributed by atoms with Gasteiger partial charge in [-0.1, -0.05) is 57.0 Å². The first-order valence-electron chi connectivity index (χ1n) is 10.6. The number of benzene rings is 1. The molecule has 0 aliphatic carbocycles. The molecule has 3 nitrogen and oxygen atoms in total. The van der Waals surface area contributed by atoms with Crippen molar-refractivity contribution in [3.63, 3.8) is 0 Å². The Morgan fingerprint density at radius 3 is 1.58 bits per heavy atom. The third kappa shape index (κ3) is 9.16. The molecule has 0 saturated carbocycles. The molecule has 0 aliphatic rings. The Morgan fingerprint density at radius 1 is 0.731 bits per heavy atom. The van der Waals surface area contributed by atoms with E-state index in [4.69, 9.17) is 0 Å². The molecule has 150 valence electrons. The summed E-state index contributed by atoms with van der Waals surface area (Å²) < 4.78 is 0. The molecule has 1 aromatic carbocycles. The van der Waals surface area contributed by atoms with E-state index < -0.39 is 0 Å². The Kier molecular flexibility index (Phi) is 11.8. The number of rotatable bonds is 14. The highest BCUT2D eigenvalue weighted by Crippen LogP contribution is 2.25. The first kappa shape index (κ1) is 23.1. The van der Waals surface area contributed by atoms with Crippen LogP contribution in [0.5, 0.6) is 0 Å². The van der Waals surface area contributed by atoms with Crippen LogP contribution in [0.15, 0.2) is 30.3 Å². The second kappa shape index (κ2) is 13.3. The van der Waals surface area contributed by atoms with E-state index in [2.05, 4.69) is 49.1 Å². The van der Waals surface area contributed by atoms with E-state index in [9.17, 15) is 10.2 Å². The molecule has 0 radical (unpaired) electrons. The summed E-state index contributed by atoms with van der Waals surface area (Å²) in [7, 11) is 0. The fourth-order valence-corrected chi connectivity index (χ4v) is 3.84. The third-order valence-electron chi connectivity index (χ3n) is 5.23. The van der Waals surface area contributed by atoms with Crippen molar-refractivity contribution in [2.24, 2.45) is 0 Å². The van der Waals surface area contributed by atoms with Gasteiger partial charge in [-0.3, -0.25) is 4.90 Å². The zero-order chi connectivity index (χ0) is 19.4. The Balaban J connectivity index is 3.01. The molecule has 0 aromatic heterocycles. The molecular formula is C23H41NO2. The molecule has 0 spiro atoms. The lowest BCUT2D eigenvalue weighted by Crippen LogP contribution is -2.43. The zero-order valence-corrected chi connectivity index (χ0v) is 17.4. The summed E-state index contributed by atoms with van der Waals surface area (Å²) in [6, 6.07) is 11.7. The van der Waals surface area contributed by atoms with Crippen LogP contribution < -0.4 is 0 Å². The minimum atomic E-state index is -0.241.